The van der Waals surface area contributed by atoms with Gasteiger partial charge in [-0.2, -0.15) is 5.26 Å². The Balaban J connectivity index is 2.27. The van der Waals surface area contributed by atoms with Gasteiger partial charge < -0.3 is 9.64 Å². The molecule has 2 heterocycles. The fourth-order valence-corrected chi connectivity index (χ4v) is 2.17. The number of ether oxygens (including phenoxy) is 1. The Kier molecular flexibility index (Phi) is 3.07. The molecule has 1 aromatic rings. The number of likely N-dealkylation sites (N-methyl/N-ethyl adjacent to an activating group) is 1. The molecule has 2 unspecified atom stereocenters. The molecule has 1 aliphatic heterocycles. The van der Waals surface area contributed by atoms with Gasteiger partial charge in [0.1, 0.15) is 6.07 Å². The summed E-state index contributed by atoms with van der Waals surface area (Å²) in [5.41, 5.74) is 1.55. The van der Waals surface area contributed by atoms with Crippen molar-refractivity contribution < 1.29 is 4.74 Å². The van der Waals surface area contributed by atoms with Crippen LogP contribution in [0.2, 0.25) is 0 Å². The molecule has 4 heteroatoms. The van der Waals surface area contributed by atoms with E-state index in [1.54, 1.807) is 18.5 Å². The minimum atomic E-state index is 0.205. The van der Waals surface area contributed by atoms with Gasteiger partial charge in [-0.15, -0.1) is 0 Å². The average Bonchev–Trinajstić information content (AvgIpc) is 2.74. The summed E-state index contributed by atoms with van der Waals surface area (Å²) in [6, 6.07) is 4.26. The molecule has 0 radical (unpaired) electrons. The summed E-state index contributed by atoms with van der Waals surface area (Å²) in [6.45, 7) is 2.86. The quantitative estimate of drug-likeness (QED) is 0.754. The summed E-state index contributed by atoms with van der Waals surface area (Å²) in [5.74, 6) is 0. The van der Waals surface area contributed by atoms with Crippen molar-refractivity contribution in [3.63, 3.8) is 0 Å². The number of anilines is 1. The molecule has 1 saturated heterocycles. The highest BCUT2D eigenvalue weighted by Crippen LogP contribution is 2.25. The average molecular weight is 217 g/mol. The first kappa shape index (κ1) is 10.9. The second-order valence-corrected chi connectivity index (χ2v) is 4.05. The molecule has 0 saturated carbocycles. The van der Waals surface area contributed by atoms with Crippen molar-refractivity contribution in [1.82, 2.24) is 4.98 Å². The monoisotopic (exact) mass is 217 g/mol. The molecular weight excluding hydrogens is 202 g/mol. The van der Waals surface area contributed by atoms with Gasteiger partial charge in [-0.25, -0.2) is 0 Å². The molecule has 4 nitrogen and oxygen atoms in total. The van der Waals surface area contributed by atoms with E-state index in [9.17, 15) is 0 Å². The summed E-state index contributed by atoms with van der Waals surface area (Å²) in [7, 11) is 1.99. The van der Waals surface area contributed by atoms with Crippen LogP contribution in [0.1, 0.15) is 18.9 Å². The molecule has 2 atom stereocenters. The van der Waals surface area contributed by atoms with E-state index in [2.05, 4.69) is 22.9 Å². The topological polar surface area (TPSA) is 49.1 Å². The first-order valence-corrected chi connectivity index (χ1v) is 5.42. The van der Waals surface area contributed by atoms with Crippen LogP contribution in [0.5, 0.6) is 0 Å². The first-order chi connectivity index (χ1) is 7.74. The molecule has 16 heavy (non-hydrogen) atoms. The summed E-state index contributed by atoms with van der Waals surface area (Å²) in [5, 5.41) is 9.04. The summed E-state index contributed by atoms with van der Waals surface area (Å²) < 4.78 is 5.54. The van der Waals surface area contributed by atoms with Crippen LogP contribution in [0.25, 0.3) is 0 Å². The highest BCUT2D eigenvalue weighted by atomic mass is 16.5. The molecule has 2 rings (SSSR count). The Morgan fingerprint density at radius 2 is 2.44 bits per heavy atom. The van der Waals surface area contributed by atoms with Crippen molar-refractivity contribution in [3.8, 4) is 6.07 Å². The second kappa shape index (κ2) is 4.50. The maximum absolute atomic E-state index is 9.04. The Labute approximate surface area is 95.5 Å². The van der Waals surface area contributed by atoms with Gasteiger partial charge in [-0.1, -0.05) is 0 Å². The number of pyridine rings is 1. The van der Waals surface area contributed by atoms with E-state index in [0.717, 1.165) is 18.7 Å². The number of rotatable bonds is 2. The van der Waals surface area contributed by atoms with E-state index in [-0.39, 0.29) is 6.10 Å². The highest BCUT2D eigenvalue weighted by Gasteiger charge is 2.29. The number of aromatic nitrogens is 1. The van der Waals surface area contributed by atoms with Crippen LogP contribution in [0.4, 0.5) is 5.69 Å². The Morgan fingerprint density at radius 1 is 1.62 bits per heavy atom. The third kappa shape index (κ3) is 1.86. The SMILES string of the molecule is CC1OCCC1N(C)c1cnccc1C#N. The van der Waals surface area contributed by atoms with Gasteiger partial charge in [0.05, 0.1) is 29.6 Å². The van der Waals surface area contributed by atoms with E-state index in [1.807, 2.05) is 7.05 Å². The molecule has 0 spiro atoms. The van der Waals surface area contributed by atoms with E-state index in [0.29, 0.717) is 11.6 Å². The lowest BCUT2D eigenvalue weighted by atomic mass is 10.1. The van der Waals surface area contributed by atoms with Gasteiger partial charge in [0, 0.05) is 19.9 Å². The van der Waals surface area contributed by atoms with Crippen LogP contribution < -0.4 is 4.90 Å². The molecular formula is C12H15N3O. The third-order valence-electron chi connectivity index (χ3n) is 3.13. The fraction of sp³-hybridized carbons (Fsp3) is 0.500. The van der Waals surface area contributed by atoms with E-state index < -0.39 is 0 Å². The van der Waals surface area contributed by atoms with Crippen molar-refractivity contribution in [3.05, 3.63) is 24.0 Å². The number of nitrogens with zero attached hydrogens (tertiary/aromatic N) is 3. The highest BCUT2D eigenvalue weighted by molar-refractivity contribution is 5.57. The zero-order chi connectivity index (χ0) is 11.5. The van der Waals surface area contributed by atoms with Gasteiger partial charge in [0.15, 0.2) is 0 Å². The van der Waals surface area contributed by atoms with Crippen molar-refractivity contribution >= 4 is 5.69 Å². The molecule has 0 aliphatic carbocycles. The van der Waals surface area contributed by atoms with Gasteiger partial charge in [-0.3, -0.25) is 4.98 Å². The van der Waals surface area contributed by atoms with Gasteiger partial charge in [-0.05, 0) is 19.4 Å². The minimum absolute atomic E-state index is 0.205. The Morgan fingerprint density at radius 3 is 3.06 bits per heavy atom. The zero-order valence-electron chi connectivity index (χ0n) is 9.55. The summed E-state index contributed by atoms with van der Waals surface area (Å²) in [6.07, 6.45) is 4.59. The van der Waals surface area contributed by atoms with Crippen molar-refractivity contribution in [2.75, 3.05) is 18.6 Å². The molecule has 0 bridgehead atoms. The van der Waals surface area contributed by atoms with Gasteiger partial charge >= 0.3 is 0 Å². The van der Waals surface area contributed by atoms with Gasteiger partial charge in [0.25, 0.3) is 0 Å². The molecule has 0 amide bonds. The molecule has 1 aliphatic rings. The number of nitriles is 1. The zero-order valence-corrected chi connectivity index (χ0v) is 9.55. The van der Waals surface area contributed by atoms with Crippen molar-refractivity contribution in [2.24, 2.45) is 0 Å². The molecule has 84 valence electrons. The van der Waals surface area contributed by atoms with E-state index in [1.165, 1.54) is 0 Å². The van der Waals surface area contributed by atoms with Crippen LogP contribution in [-0.2, 0) is 4.74 Å². The van der Waals surface area contributed by atoms with Crippen LogP contribution in [0, 0.1) is 11.3 Å². The van der Waals surface area contributed by atoms with Crippen molar-refractivity contribution in [1.29, 1.82) is 5.26 Å². The minimum Gasteiger partial charge on any atom is -0.376 e. The van der Waals surface area contributed by atoms with E-state index in [4.69, 9.17) is 10.00 Å². The van der Waals surface area contributed by atoms with Gasteiger partial charge in [0.2, 0.25) is 0 Å². The Hall–Kier alpha value is -1.60. The molecule has 1 aromatic heterocycles. The summed E-state index contributed by atoms with van der Waals surface area (Å²) in [4.78, 5) is 6.18. The largest absolute Gasteiger partial charge is 0.376 e. The third-order valence-corrected chi connectivity index (χ3v) is 3.13. The van der Waals surface area contributed by atoms with Crippen LogP contribution >= 0.6 is 0 Å². The first-order valence-electron chi connectivity index (χ1n) is 5.42. The van der Waals surface area contributed by atoms with E-state index >= 15 is 0 Å². The predicted octanol–water partition coefficient (Wildman–Crippen LogP) is 1.57. The van der Waals surface area contributed by atoms with Crippen LogP contribution in [-0.4, -0.2) is 30.8 Å². The maximum atomic E-state index is 9.04. The lowest BCUT2D eigenvalue weighted by Crippen LogP contribution is -2.37. The fourth-order valence-electron chi connectivity index (χ4n) is 2.17. The molecule has 0 N–H and O–H groups in total. The summed E-state index contributed by atoms with van der Waals surface area (Å²) >= 11 is 0. The number of hydrogen-bond donors (Lipinski definition) is 0. The smallest absolute Gasteiger partial charge is 0.101 e. The van der Waals surface area contributed by atoms with Crippen LogP contribution in [0.3, 0.4) is 0 Å². The van der Waals surface area contributed by atoms with Crippen molar-refractivity contribution in [2.45, 2.75) is 25.5 Å². The standard InChI is InChI=1S/C12H15N3O/c1-9-11(4-6-16-9)15(2)12-8-14-5-3-10(12)7-13/h3,5,8-9,11H,4,6H2,1-2H3. The molecule has 1 fully saturated rings. The predicted molar refractivity (Wildman–Crippen MR) is 61.2 cm³/mol. The molecule has 0 aromatic carbocycles. The lowest BCUT2D eigenvalue weighted by molar-refractivity contribution is 0.118. The Bertz CT molecular complexity index is 413. The lowest BCUT2D eigenvalue weighted by Gasteiger charge is -2.28. The normalized spacial score (nSPS) is 24.1. The second-order valence-electron chi connectivity index (χ2n) is 4.05. The number of hydrogen-bond acceptors (Lipinski definition) is 4. The maximum Gasteiger partial charge on any atom is 0.101 e. The van der Waals surface area contributed by atoms with Crippen LogP contribution in [0.15, 0.2) is 18.5 Å².